The van der Waals surface area contributed by atoms with Crippen LogP contribution in [-0.2, 0) is 0 Å². The minimum Gasteiger partial charge on any atom is -0.232 e. The largest absolute Gasteiger partial charge is 0.232 e. The standard InChI is InChI=1S/C21H15FN2/c22-18-13-11-16(12-14-18)20-15-23-24(19-9-5-2-6-10-19)21(20)17-7-3-1-4-8-17/h1-15H. The molecule has 2 nitrogen and oxygen atoms in total. The van der Waals surface area contributed by atoms with Crippen LogP contribution in [0.5, 0.6) is 0 Å². The number of para-hydroxylation sites is 1. The average Bonchev–Trinajstić information content (AvgIpc) is 3.09. The summed E-state index contributed by atoms with van der Waals surface area (Å²) in [6.07, 6.45) is 1.84. The first kappa shape index (κ1) is 14.4. The van der Waals surface area contributed by atoms with Gasteiger partial charge in [-0.3, -0.25) is 0 Å². The summed E-state index contributed by atoms with van der Waals surface area (Å²) in [7, 11) is 0. The molecule has 0 amide bonds. The van der Waals surface area contributed by atoms with Crippen LogP contribution in [-0.4, -0.2) is 9.78 Å². The highest BCUT2D eigenvalue weighted by molar-refractivity contribution is 5.81. The minimum atomic E-state index is -0.240. The Morgan fingerprint density at radius 3 is 1.96 bits per heavy atom. The first-order valence-electron chi connectivity index (χ1n) is 7.78. The third kappa shape index (κ3) is 2.61. The van der Waals surface area contributed by atoms with Gasteiger partial charge >= 0.3 is 0 Å². The number of benzene rings is 3. The van der Waals surface area contributed by atoms with Crippen molar-refractivity contribution in [3.8, 4) is 28.1 Å². The maximum Gasteiger partial charge on any atom is 0.123 e. The fourth-order valence-corrected chi connectivity index (χ4v) is 2.83. The maximum absolute atomic E-state index is 13.3. The van der Waals surface area contributed by atoms with E-state index in [2.05, 4.69) is 17.2 Å². The highest BCUT2D eigenvalue weighted by Gasteiger charge is 2.15. The van der Waals surface area contributed by atoms with E-state index in [1.807, 2.05) is 59.4 Å². The number of nitrogens with zero attached hydrogens (tertiary/aromatic N) is 2. The van der Waals surface area contributed by atoms with E-state index in [0.717, 1.165) is 28.1 Å². The molecule has 1 heterocycles. The fourth-order valence-electron chi connectivity index (χ4n) is 2.83. The summed E-state index contributed by atoms with van der Waals surface area (Å²) in [4.78, 5) is 0. The number of halogens is 1. The van der Waals surface area contributed by atoms with Gasteiger partial charge in [0, 0.05) is 11.1 Å². The summed E-state index contributed by atoms with van der Waals surface area (Å²) in [5, 5.41) is 4.58. The molecule has 0 bridgehead atoms. The van der Waals surface area contributed by atoms with Crippen molar-refractivity contribution in [2.45, 2.75) is 0 Å². The van der Waals surface area contributed by atoms with E-state index in [0.29, 0.717) is 0 Å². The molecule has 116 valence electrons. The molecule has 3 heteroatoms. The smallest absolute Gasteiger partial charge is 0.123 e. The Hall–Kier alpha value is -3.20. The van der Waals surface area contributed by atoms with Crippen molar-refractivity contribution in [1.29, 1.82) is 0 Å². The molecule has 0 radical (unpaired) electrons. The van der Waals surface area contributed by atoms with Gasteiger partial charge < -0.3 is 0 Å². The lowest BCUT2D eigenvalue weighted by Crippen LogP contribution is -1.99. The molecule has 0 aliphatic rings. The highest BCUT2D eigenvalue weighted by Crippen LogP contribution is 2.33. The van der Waals surface area contributed by atoms with Crippen LogP contribution in [0.3, 0.4) is 0 Å². The van der Waals surface area contributed by atoms with Crippen LogP contribution in [0.2, 0.25) is 0 Å². The van der Waals surface area contributed by atoms with Gasteiger partial charge in [-0.2, -0.15) is 5.10 Å². The molecule has 24 heavy (non-hydrogen) atoms. The molecule has 0 aliphatic heterocycles. The zero-order valence-electron chi connectivity index (χ0n) is 12.9. The Morgan fingerprint density at radius 1 is 0.667 bits per heavy atom. The van der Waals surface area contributed by atoms with Gasteiger partial charge in [0.15, 0.2) is 0 Å². The molecule has 0 atom stereocenters. The Bertz CT molecular complexity index is 942. The quantitative estimate of drug-likeness (QED) is 0.499. The van der Waals surface area contributed by atoms with Crippen molar-refractivity contribution in [2.75, 3.05) is 0 Å². The van der Waals surface area contributed by atoms with E-state index in [9.17, 15) is 4.39 Å². The summed E-state index contributed by atoms with van der Waals surface area (Å²) in [6.45, 7) is 0. The van der Waals surface area contributed by atoms with E-state index in [1.54, 1.807) is 12.1 Å². The van der Waals surface area contributed by atoms with Gasteiger partial charge in [0.2, 0.25) is 0 Å². The van der Waals surface area contributed by atoms with Crippen molar-refractivity contribution < 1.29 is 4.39 Å². The second-order valence-electron chi connectivity index (χ2n) is 5.53. The van der Waals surface area contributed by atoms with Crippen LogP contribution in [0.4, 0.5) is 4.39 Å². The Labute approximate surface area is 139 Å². The summed E-state index contributed by atoms with van der Waals surface area (Å²) >= 11 is 0. The van der Waals surface area contributed by atoms with Crippen molar-refractivity contribution in [2.24, 2.45) is 0 Å². The van der Waals surface area contributed by atoms with Gasteiger partial charge in [0.25, 0.3) is 0 Å². The highest BCUT2D eigenvalue weighted by atomic mass is 19.1. The van der Waals surface area contributed by atoms with E-state index in [4.69, 9.17) is 0 Å². The van der Waals surface area contributed by atoms with Crippen LogP contribution >= 0.6 is 0 Å². The number of hydrogen-bond donors (Lipinski definition) is 0. The number of aromatic nitrogens is 2. The summed E-state index contributed by atoms with van der Waals surface area (Å²) in [6, 6.07) is 26.6. The first-order valence-corrected chi connectivity index (χ1v) is 7.78. The fraction of sp³-hybridized carbons (Fsp3) is 0. The molecule has 3 aromatic carbocycles. The molecule has 4 aromatic rings. The van der Waals surface area contributed by atoms with E-state index >= 15 is 0 Å². The summed E-state index contributed by atoms with van der Waals surface area (Å²) < 4.78 is 15.2. The molecule has 0 N–H and O–H groups in total. The lowest BCUT2D eigenvalue weighted by atomic mass is 10.0. The summed E-state index contributed by atoms with van der Waals surface area (Å²) in [5.41, 5.74) is 4.97. The average molecular weight is 314 g/mol. The molecule has 0 fully saturated rings. The van der Waals surface area contributed by atoms with Crippen molar-refractivity contribution in [3.63, 3.8) is 0 Å². The molecule has 0 aliphatic carbocycles. The molecule has 0 saturated carbocycles. The van der Waals surface area contributed by atoms with Crippen molar-refractivity contribution in [1.82, 2.24) is 9.78 Å². The van der Waals surface area contributed by atoms with Gasteiger partial charge in [-0.1, -0.05) is 60.7 Å². The van der Waals surface area contributed by atoms with Crippen LogP contribution in [0.15, 0.2) is 91.1 Å². The molecule has 0 spiro atoms. The van der Waals surface area contributed by atoms with Crippen LogP contribution in [0.25, 0.3) is 28.1 Å². The van der Waals surface area contributed by atoms with Crippen molar-refractivity contribution in [3.05, 3.63) is 96.9 Å². The predicted molar refractivity (Wildman–Crippen MR) is 94.4 cm³/mol. The Balaban J connectivity index is 1.95. The number of hydrogen-bond acceptors (Lipinski definition) is 1. The van der Waals surface area contributed by atoms with Gasteiger partial charge in [-0.25, -0.2) is 9.07 Å². The Morgan fingerprint density at radius 2 is 1.29 bits per heavy atom. The molecule has 1 aromatic heterocycles. The molecule has 0 unspecified atom stereocenters. The third-order valence-corrected chi connectivity index (χ3v) is 3.97. The van der Waals surface area contributed by atoms with Crippen LogP contribution in [0, 0.1) is 5.82 Å². The summed E-state index contributed by atoms with van der Waals surface area (Å²) in [5.74, 6) is -0.240. The second kappa shape index (κ2) is 6.13. The first-order chi connectivity index (χ1) is 11.8. The zero-order chi connectivity index (χ0) is 16.4. The second-order valence-corrected chi connectivity index (χ2v) is 5.53. The molecular formula is C21H15FN2. The van der Waals surface area contributed by atoms with E-state index in [1.165, 1.54) is 12.1 Å². The third-order valence-electron chi connectivity index (χ3n) is 3.97. The van der Waals surface area contributed by atoms with Crippen molar-refractivity contribution >= 4 is 0 Å². The van der Waals surface area contributed by atoms with Crippen LogP contribution in [0.1, 0.15) is 0 Å². The van der Waals surface area contributed by atoms with Gasteiger partial charge in [-0.05, 0) is 29.8 Å². The predicted octanol–water partition coefficient (Wildman–Crippen LogP) is 5.35. The molecule has 4 rings (SSSR count). The maximum atomic E-state index is 13.3. The lowest BCUT2D eigenvalue weighted by molar-refractivity contribution is 0.628. The Kier molecular flexibility index (Phi) is 3.67. The van der Waals surface area contributed by atoms with E-state index in [-0.39, 0.29) is 5.82 Å². The zero-order valence-corrected chi connectivity index (χ0v) is 12.9. The normalized spacial score (nSPS) is 10.7. The van der Waals surface area contributed by atoms with Gasteiger partial charge in [-0.15, -0.1) is 0 Å². The topological polar surface area (TPSA) is 17.8 Å². The van der Waals surface area contributed by atoms with Gasteiger partial charge in [0.1, 0.15) is 5.82 Å². The van der Waals surface area contributed by atoms with Gasteiger partial charge in [0.05, 0.1) is 17.6 Å². The number of rotatable bonds is 3. The lowest BCUT2D eigenvalue weighted by Gasteiger charge is -2.10. The van der Waals surface area contributed by atoms with E-state index < -0.39 is 0 Å². The minimum absolute atomic E-state index is 0.240. The van der Waals surface area contributed by atoms with Crippen LogP contribution < -0.4 is 0 Å². The molecule has 0 saturated heterocycles. The monoisotopic (exact) mass is 314 g/mol. The molecular weight excluding hydrogens is 299 g/mol. The SMILES string of the molecule is Fc1ccc(-c2cnn(-c3ccccc3)c2-c2ccccc2)cc1.